The summed E-state index contributed by atoms with van der Waals surface area (Å²) in [5, 5.41) is 0. The summed E-state index contributed by atoms with van der Waals surface area (Å²) < 4.78 is 37.8. The zero-order valence-corrected chi connectivity index (χ0v) is 14.1. The van der Waals surface area contributed by atoms with Gasteiger partial charge in [0.15, 0.2) is 0 Å². The molecule has 2 heterocycles. The molecule has 142 valence electrons. The zero-order chi connectivity index (χ0) is 19.6. The summed E-state index contributed by atoms with van der Waals surface area (Å²) in [6.45, 7) is 0.936. The molecule has 1 aliphatic heterocycles. The van der Waals surface area contributed by atoms with Crippen LogP contribution in [0.2, 0.25) is 0 Å². The normalized spacial score (nSPS) is 14.9. The first-order valence-corrected chi connectivity index (χ1v) is 8.21. The number of aromatic nitrogens is 1. The van der Waals surface area contributed by atoms with Crippen LogP contribution in [0.1, 0.15) is 26.3 Å². The number of halogens is 3. The molecule has 6 nitrogen and oxygen atoms in total. The van der Waals surface area contributed by atoms with Gasteiger partial charge in [0, 0.05) is 37.9 Å². The van der Waals surface area contributed by atoms with Gasteiger partial charge in [-0.2, -0.15) is 13.2 Å². The van der Waals surface area contributed by atoms with Crippen LogP contribution >= 0.6 is 0 Å². The van der Waals surface area contributed by atoms with E-state index in [4.69, 9.17) is 0 Å². The van der Waals surface area contributed by atoms with Gasteiger partial charge >= 0.3 is 6.18 Å². The predicted molar refractivity (Wildman–Crippen MR) is 90.3 cm³/mol. The number of hydrogen-bond donors (Lipinski definition) is 1. The van der Waals surface area contributed by atoms with Crippen LogP contribution in [0.15, 0.2) is 47.4 Å². The molecule has 1 aliphatic rings. The highest BCUT2D eigenvalue weighted by Gasteiger charge is 2.31. The van der Waals surface area contributed by atoms with Crippen molar-refractivity contribution in [1.82, 2.24) is 14.8 Å². The second-order valence-corrected chi connectivity index (χ2v) is 6.07. The van der Waals surface area contributed by atoms with Gasteiger partial charge in [-0.05, 0) is 36.4 Å². The molecule has 0 aliphatic carbocycles. The van der Waals surface area contributed by atoms with E-state index in [0.717, 1.165) is 24.3 Å². The summed E-state index contributed by atoms with van der Waals surface area (Å²) in [6.07, 6.45) is -3.03. The lowest BCUT2D eigenvalue weighted by atomic mass is 10.1. The van der Waals surface area contributed by atoms with E-state index in [1.54, 1.807) is 6.07 Å². The molecule has 1 aromatic heterocycles. The number of pyridine rings is 1. The van der Waals surface area contributed by atoms with Gasteiger partial charge < -0.3 is 14.8 Å². The molecule has 0 unspecified atom stereocenters. The number of aromatic amines is 1. The number of nitrogens with one attached hydrogen (secondary N) is 1. The van der Waals surface area contributed by atoms with Crippen molar-refractivity contribution in [1.29, 1.82) is 0 Å². The predicted octanol–water partition coefficient (Wildman–Crippen LogP) is 1.99. The first-order valence-electron chi connectivity index (χ1n) is 8.21. The van der Waals surface area contributed by atoms with E-state index in [-0.39, 0.29) is 37.3 Å². The number of benzene rings is 1. The number of nitrogens with zero attached hydrogens (tertiary/aromatic N) is 2. The number of carbonyl (C=O) groups excluding carboxylic acids is 2. The fraction of sp³-hybridized carbons (Fsp3) is 0.278. The highest BCUT2D eigenvalue weighted by atomic mass is 19.4. The molecule has 1 N–H and O–H groups in total. The second-order valence-electron chi connectivity index (χ2n) is 6.07. The van der Waals surface area contributed by atoms with Crippen molar-refractivity contribution in [2.45, 2.75) is 6.18 Å². The van der Waals surface area contributed by atoms with Crippen LogP contribution < -0.4 is 5.56 Å². The summed E-state index contributed by atoms with van der Waals surface area (Å²) in [7, 11) is 0. The van der Waals surface area contributed by atoms with Crippen molar-refractivity contribution in [2.75, 3.05) is 26.2 Å². The lowest BCUT2D eigenvalue weighted by molar-refractivity contribution is -0.137. The molecule has 1 aromatic carbocycles. The van der Waals surface area contributed by atoms with E-state index in [0.29, 0.717) is 0 Å². The van der Waals surface area contributed by atoms with Crippen molar-refractivity contribution < 1.29 is 22.8 Å². The minimum Gasteiger partial charge on any atom is -0.335 e. The van der Waals surface area contributed by atoms with Gasteiger partial charge in [0.05, 0.1) is 5.56 Å². The van der Waals surface area contributed by atoms with Crippen LogP contribution in [0.3, 0.4) is 0 Å². The third-order valence-electron chi connectivity index (χ3n) is 4.36. The molecule has 0 radical (unpaired) electrons. The van der Waals surface area contributed by atoms with Crippen molar-refractivity contribution in [2.24, 2.45) is 0 Å². The Labute approximate surface area is 152 Å². The third-order valence-corrected chi connectivity index (χ3v) is 4.36. The monoisotopic (exact) mass is 379 g/mol. The van der Waals surface area contributed by atoms with Gasteiger partial charge in [0.25, 0.3) is 17.4 Å². The molecule has 1 saturated heterocycles. The fourth-order valence-corrected chi connectivity index (χ4v) is 2.86. The molecule has 27 heavy (non-hydrogen) atoms. The fourth-order valence-electron chi connectivity index (χ4n) is 2.86. The summed E-state index contributed by atoms with van der Waals surface area (Å²) in [5.74, 6) is -0.813. The summed E-state index contributed by atoms with van der Waals surface area (Å²) >= 11 is 0. The molecule has 0 bridgehead atoms. The van der Waals surface area contributed by atoms with Crippen molar-refractivity contribution in [3.05, 3.63) is 69.6 Å². The Morgan fingerprint density at radius 3 is 1.96 bits per heavy atom. The zero-order valence-electron chi connectivity index (χ0n) is 14.1. The summed E-state index contributed by atoms with van der Waals surface area (Å²) in [5.41, 5.74) is -1.12. The average Bonchev–Trinajstić information content (AvgIpc) is 2.67. The SMILES string of the molecule is O=C(c1ccc(C(F)(F)F)cc1)N1CCN(C(=O)c2ccc[nH]c2=O)CC1. The number of alkyl halides is 3. The van der Waals surface area contributed by atoms with Crippen LogP contribution in [0.5, 0.6) is 0 Å². The Morgan fingerprint density at radius 2 is 1.44 bits per heavy atom. The average molecular weight is 379 g/mol. The van der Waals surface area contributed by atoms with Crippen molar-refractivity contribution >= 4 is 11.8 Å². The van der Waals surface area contributed by atoms with Crippen LogP contribution in [-0.4, -0.2) is 52.8 Å². The molecule has 0 atom stereocenters. The van der Waals surface area contributed by atoms with Crippen LogP contribution in [0, 0.1) is 0 Å². The lowest BCUT2D eigenvalue weighted by Gasteiger charge is -2.34. The maximum Gasteiger partial charge on any atom is 0.416 e. The number of hydrogen-bond acceptors (Lipinski definition) is 3. The lowest BCUT2D eigenvalue weighted by Crippen LogP contribution is -2.51. The van der Waals surface area contributed by atoms with Gasteiger partial charge in [-0.1, -0.05) is 0 Å². The smallest absolute Gasteiger partial charge is 0.335 e. The van der Waals surface area contributed by atoms with Gasteiger partial charge in [0.1, 0.15) is 5.56 Å². The highest BCUT2D eigenvalue weighted by Crippen LogP contribution is 2.29. The Bertz CT molecular complexity index is 898. The van der Waals surface area contributed by atoms with E-state index >= 15 is 0 Å². The molecular weight excluding hydrogens is 363 g/mol. The van der Waals surface area contributed by atoms with E-state index in [2.05, 4.69) is 4.98 Å². The van der Waals surface area contributed by atoms with Crippen LogP contribution in [0.25, 0.3) is 0 Å². The molecule has 3 rings (SSSR count). The van der Waals surface area contributed by atoms with Gasteiger partial charge in [-0.3, -0.25) is 14.4 Å². The van der Waals surface area contributed by atoms with Crippen molar-refractivity contribution in [3.8, 4) is 0 Å². The quantitative estimate of drug-likeness (QED) is 0.867. The summed E-state index contributed by atoms with van der Waals surface area (Å²) in [4.78, 5) is 41.9. The maximum atomic E-state index is 12.6. The van der Waals surface area contributed by atoms with Gasteiger partial charge in [0.2, 0.25) is 0 Å². The topological polar surface area (TPSA) is 73.5 Å². The highest BCUT2D eigenvalue weighted by molar-refractivity contribution is 5.95. The van der Waals surface area contributed by atoms with Crippen molar-refractivity contribution in [3.63, 3.8) is 0 Å². The Morgan fingerprint density at radius 1 is 0.889 bits per heavy atom. The molecule has 2 amide bonds. The third kappa shape index (κ3) is 4.02. The van der Waals surface area contributed by atoms with E-state index in [9.17, 15) is 27.6 Å². The number of carbonyl (C=O) groups is 2. The van der Waals surface area contributed by atoms with Crippen LogP contribution in [0.4, 0.5) is 13.2 Å². The molecule has 0 saturated carbocycles. The van der Waals surface area contributed by atoms with Gasteiger partial charge in [-0.15, -0.1) is 0 Å². The number of amides is 2. The Kier molecular flexibility index (Phi) is 5.02. The Hall–Kier alpha value is -3.10. The van der Waals surface area contributed by atoms with E-state index < -0.39 is 29.1 Å². The molecule has 1 fully saturated rings. The Balaban J connectivity index is 1.63. The van der Waals surface area contributed by atoms with E-state index in [1.807, 2.05) is 0 Å². The maximum absolute atomic E-state index is 12.6. The summed E-state index contributed by atoms with van der Waals surface area (Å²) in [6, 6.07) is 7.02. The second kappa shape index (κ2) is 7.26. The number of piperazine rings is 1. The minimum atomic E-state index is -4.46. The van der Waals surface area contributed by atoms with Gasteiger partial charge in [-0.25, -0.2) is 0 Å². The first kappa shape index (κ1) is 18.7. The number of rotatable bonds is 2. The first-order chi connectivity index (χ1) is 12.8. The largest absolute Gasteiger partial charge is 0.416 e. The molecule has 0 spiro atoms. The minimum absolute atomic E-state index is 0.0278. The number of H-pyrrole nitrogens is 1. The van der Waals surface area contributed by atoms with Crippen LogP contribution in [-0.2, 0) is 6.18 Å². The molecular formula is C18H16F3N3O3. The standard InChI is InChI=1S/C18H16F3N3O3/c19-18(20,21)13-5-3-12(4-6-13)16(26)23-8-10-24(11-9-23)17(27)14-2-1-7-22-15(14)25/h1-7H,8-11H2,(H,22,25). The van der Waals surface area contributed by atoms with E-state index in [1.165, 1.54) is 22.1 Å². The molecule has 9 heteroatoms. The molecule has 2 aromatic rings.